The zero-order valence-electron chi connectivity index (χ0n) is 18.5. The zero-order chi connectivity index (χ0) is 24.1. The van der Waals surface area contributed by atoms with Gasteiger partial charge in [0.15, 0.2) is 23.1 Å². The maximum Gasteiger partial charge on any atom is 0.273 e. The van der Waals surface area contributed by atoms with Gasteiger partial charge in [-0.05, 0) is 44.9 Å². The number of carbonyl (C=O) groups is 2. The predicted octanol–water partition coefficient (Wildman–Crippen LogP) is 3.14. The van der Waals surface area contributed by atoms with Crippen LogP contribution in [0.15, 0.2) is 30.5 Å². The summed E-state index contributed by atoms with van der Waals surface area (Å²) in [5.74, 6) is -2.13. The van der Waals surface area contributed by atoms with E-state index in [-0.39, 0.29) is 57.4 Å². The SMILES string of the molecule is CC(=O)c1cccnc1C(=O)N1C[C@H](c2nc3c4cc(F)cc(F)c4nc(N)n3n2)CC[C@@H]1C. The molecule has 9 nitrogen and oxygen atoms in total. The molecule has 1 aliphatic rings. The summed E-state index contributed by atoms with van der Waals surface area (Å²) in [6.45, 7) is 3.62. The van der Waals surface area contributed by atoms with Crippen LogP contribution in [0.5, 0.6) is 0 Å². The third kappa shape index (κ3) is 3.53. The number of carbonyl (C=O) groups excluding carboxylic acids is 2. The fourth-order valence-electron chi connectivity index (χ4n) is 4.44. The Morgan fingerprint density at radius 2 is 1.97 bits per heavy atom. The summed E-state index contributed by atoms with van der Waals surface area (Å²) in [6.07, 6.45) is 2.85. The maximum atomic E-state index is 14.3. The molecule has 2 N–H and O–H groups in total. The molecule has 2 atom stereocenters. The van der Waals surface area contributed by atoms with Crippen molar-refractivity contribution in [2.75, 3.05) is 12.3 Å². The van der Waals surface area contributed by atoms with Crippen LogP contribution in [0.1, 0.15) is 59.3 Å². The van der Waals surface area contributed by atoms with Crippen molar-refractivity contribution in [3.63, 3.8) is 0 Å². The zero-order valence-corrected chi connectivity index (χ0v) is 18.5. The van der Waals surface area contributed by atoms with E-state index in [0.29, 0.717) is 25.2 Å². The van der Waals surface area contributed by atoms with Gasteiger partial charge in [-0.2, -0.15) is 4.52 Å². The summed E-state index contributed by atoms with van der Waals surface area (Å²) in [6, 6.07) is 4.99. The van der Waals surface area contributed by atoms with Gasteiger partial charge in [0.1, 0.15) is 17.0 Å². The summed E-state index contributed by atoms with van der Waals surface area (Å²) in [5.41, 5.74) is 6.45. The number of rotatable bonds is 3. The predicted molar refractivity (Wildman–Crippen MR) is 119 cm³/mol. The molecule has 1 aromatic carbocycles. The average molecular weight is 465 g/mol. The number of Topliss-reactive ketones (excluding diaryl/α,β-unsaturated/α-hetero) is 1. The number of benzene rings is 1. The number of ketones is 1. The van der Waals surface area contributed by atoms with Crippen LogP contribution in [0.25, 0.3) is 16.6 Å². The second kappa shape index (κ2) is 8.08. The number of amides is 1. The van der Waals surface area contributed by atoms with Gasteiger partial charge in [-0.3, -0.25) is 14.6 Å². The lowest BCUT2D eigenvalue weighted by Crippen LogP contribution is -2.45. The molecular formula is C23H21F2N7O2. The normalized spacial score (nSPS) is 18.5. The first-order valence-corrected chi connectivity index (χ1v) is 10.8. The topological polar surface area (TPSA) is 119 Å². The number of aromatic nitrogens is 5. The van der Waals surface area contributed by atoms with Crippen molar-refractivity contribution in [1.82, 2.24) is 29.5 Å². The van der Waals surface area contributed by atoms with Crippen LogP contribution in [-0.2, 0) is 0 Å². The first kappa shape index (κ1) is 21.8. The highest BCUT2D eigenvalue weighted by Crippen LogP contribution is 2.31. The Hall–Kier alpha value is -4.02. The Bertz CT molecular complexity index is 1470. The van der Waals surface area contributed by atoms with E-state index in [2.05, 4.69) is 20.1 Å². The number of piperidine rings is 1. The summed E-state index contributed by atoms with van der Waals surface area (Å²) >= 11 is 0. The summed E-state index contributed by atoms with van der Waals surface area (Å²) in [5, 5.41) is 4.60. The molecule has 0 bridgehead atoms. The Morgan fingerprint density at radius 3 is 2.74 bits per heavy atom. The number of nitrogens with zero attached hydrogens (tertiary/aromatic N) is 6. The van der Waals surface area contributed by atoms with Gasteiger partial charge >= 0.3 is 0 Å². The van der Waals surface area contributed by atoms with Crippen LogP contribution >= 0.6 is 0 Å². The van der Waals surface area contributed by atoms with Crippen LogP contribution in [0, 0.1) is 11.6 Å². The van der Waals surface area contributed by atoms with Crippen LogP contribution in [0.3, 0.4) is 0 Å². The number of anilines is 1. The minimum atomic E-state index is -0.839. The molecule has 4 heterocycles. The Morgan fingerprint density at radius 1 is 1.18 bits per heavy atom. The number of fused-ring (bicyclic) bond motifs is 3. The van der Waals surface area contributed by atoms with Gasteiger partial charge in [0.25, 0.3) is 5.91 Å². The van der Waals surface area contributed by atoms with Crippen molar-refractivity contribution in [2.24, 2.45) is 0 Å². The summed E-state index contributed by atoms with van der Waals surface area (Å²) in [4.78, 5) is 39.7. The van der Waals surface area contributed by atoms with Gasteiger partial charge in [0, 0.05) is 36.3 Å². The van der Waals surface area contributed by atoms with Gasteiger partial charge in [0.05, 0.1) is 5.39 Å². The molecule has 1 saturated heterocycles. The van der Waals surface area contributed by atoms with Gasteiger partial charge in [-0.1, -0.05) is 0 Å². The fourth-order valence-corrected chi connectivity index (χ4v) is 4.44. The van der Waals surface area contributed by atoms with Crippen molar-refractivity contribution in [3.05, 3.63) is 59.2 Å². The minimum Gasteiger partial charge on any atom is -0.368 e. The van der Waals surface area contributed by atoms with Crippen molar-refractivity contribution in [1.29, 1.82) is 0 Å². The molecule has 3 aromatic heterocycles. The second-order valence-corrected chi connectivity index (χ2v) is 8.50. The van der Waals surface area contributed by atoms with Crippen molar-refractivity contribution < 1.29 is 18.4 Å². The van der Waals surface area contributed by atoms with E-state index in [1.54, 1.807) is 17.0 Å². The quantitative estimate of drug-likeness (QED) is 0.462. The molecular weight excluding hydrogens is 444 g/mol. The average Bonchev–Trinajstić information content (AvgIpc) is 3.26. The molecule has 11 heteroatoms. The largest absolute Gasteiger partial charge is 0.368 e. The van der Waals surface area contributed by atoms with E-state index in [9.17, 15) is 18.4 Å². The lowest BCUT2D eigenvalue weighted by molar-refractivity contribution is 0.0596. The molecule has 174 valence electrons. The van der Waals surface area contributed by atoms with Gasteiger partial charge < -0.3 is 10.6 Å². The van der Waals surface area contributed by atoms with E-state index in [4.69, 9.17) is 5.73 Å². The molecule has 0 unspecified atom stereocenters. The van der Waals surface area contributed by atoms with Crippen LogP contribution in [0.4, 0.5) is 14.7 Å². The number of halogens is 2. The highest BCUT2D eigenvalue weighted by molar-refractivity contribution is 6.06. The van der Waals surface area contributed by atoms with E-state index < -0.39 is 11.6 Å². The number of pyridine rings is 1. The number of nitrogens with two attached hydrogens (primary N) is 1. The lowest BCUT2D eigenvalue weighted by Gasteiger charge is -2.37. The molecule has 5 rings (SSSR count). The number of likely N-dealkylation sites (tertiary alicyclic amines) is 1. The monoisotopic (exact) mass is 465 g/mol. The number of hydrogen-bond donors (Lipinski definition) is 1. The molecule has 1 aliphatic heterocycles. The fraction of sp³-hybridized carbons (Fsp3) is 0.304. The van der Waals surface area contributed by atoms with Gasteiger partial charge in [0.2, 0.25) is 5.95 Å². The summed E-state index contributed by atoms with van der Waals surface area (Å²) < 4.78 is 29.4. The molecule has 0 aliphatic carbocycles. The highest BCUT2D eigenvalue weighted by Gasteiger charge is 2.34. The maximum absolute atomic E-state index is 14.3. The molecule has 34 heavy (non-hydrogen) atoms. The van der Waals surface area contributed by atoms with E-state index >= 15 is 0 Å². The lowest BCUT2D eigenvalue weighted by atomic mass is 9.92. The van der Waals surface area contributed by atoms with E-state index in [1.165, 1.54) is 17.6 Å². The van der Waals surface area contributed by atoms with Gasteiger partial charge in [-0.15, -0.1) is 5.10 Å². The third-order valence-corrected chi connectivity index (χ3v) is 6.23. The molecule has 1 amide bonds. The highest BCUT2D eigenvalue weighted by atomic mass is 19.1. The molecule has 4 aromatic rings. The van der Waals surface area contributed by atoms with Crippen molar-refractivity contribution in [3.8, 4) is 0 Å². The number of hydrogen-bond acceptors (Lipinski definition) is 7. The first-order valence-electron chi connectivity index (χ1n) is 10.8. The standard InChI is InChI=1S/C23H21F2N7O2/c1-11-5-6-13(10-31(11)22(34)19-15(12(2)33)4-3-7-27-19)20-29-21-16-8-14(24)9-17(25)18(16)28-23(26)32(21)30-20/h3-4,7-9,11,13H,5-6,10H2,1-2H3,(H2,26,28)/t11-,13+/m0/s1. The smallest absolute Gasteiger partial charge is 0.273 e. The van der Waals surface area contributed by atoms with Crippen molar-refractivity contribution in [2.45, 2.75) is 38.6 Å². The van der Waals surface area contributed by atoms with Crippen molar-refractivity contribution >= 4 is 34.2 Å². The Kier molecular flexibility index (Phi) is 5.18. The minimum absolute atomic E-state index is 0.0801. The molecule has 1 fully saturated rings. The van der Waals surface area contributed by atoms with Gasteiger partial charge in [-0.25, -0.2) is 18.7 Å². The van der Waals surface area contributed by atoms with E-state index in [1.807, 2.05) is 6.92 Å². The molecule has 0 spiro atoms. The van der Waals surface area contributed by atoms with Crippen LogP contribution in [0.2, 0.25) is 0 Å². The second-order valence-electron chi connectivity index (χ2n) is 8.50. The summed E-state index contributed by atoms with van der Waals surface area (Å²) in [7, 11) is 0. The first-order chi connectivity index (χ1) is 16.2. The van der Waals surface area contributed by atoms with Crippen LogP contribution in [-0.4, -0.2) is 53.7 Å². The molecule has 0 radical (unpaired) electrons. The Balaban J connectivity index is 1.53. The number of nitrogen functional groups attached to an aromatic ring is 1. The molecule has 0 saturated carbocycles. The van der Waals surface area contributed by atoms with Crippen LogP contribution < -0.4 is 5.73 Å². The Labute approximate surface area is 192 Å². The van der Waals surface area contributed by atoms with E-state index in [0.717, 1.165) is 12.1 Å². The third-order valence-electron chi connectivity index (χ3n) is 6.23.